The van der Waals surface area contributed by atoms with E-state index < -0.39 is 19.1 Å². The quantitative estimate of drug-likeness (QED) is 0.685. The zero-order chi connectivity index (χ0) is 15.2. The number of aliphatic hydroxyl groups is 1. The van der Waals surface area contributed by atoms with Gasteiger partial charge in [0.15, 0.2) is 0 Å². The molecule has 0 saturated heterocycles. The van der Waals surface area contributed by atoms with Crippen molar-refractivity contribution >= 4 is 11.6 Å². The first-order chi connectivity index (χ1) is 9.41. The Bertz CT molecular complexity index is 427. The van der Waals surface area contributed by atoms with Gasteiger partial charge >= 0.3 is 0 Å². The van der Waals surface area contributed by atoms with E-state index in [2.05, 4.69) is 20.6 Å². The topological polar surface area (TPSA) is 70.1 Å². The van der Waals surface area contributed by atoms with E-state index in [4.69, 9.17) is 5.11 Å². The first-order valence-electron chi connectivity index (χ1n) is 6.72. The fraction of sp³-hybridized carbons (Fsp3) is 0.692. The van der Waals surface area contributed by atoms with E-state index in [0.717, 1.165) is 18.5 Å². The Kier molecular flexibility index (Phi) is 6.06. The molecular weight excluding hydrogens is 266 g/mol. The molecule has 0 atom stereocenters. The molecule has 0 spiro atoms. The number of halogens is 2. The van der Waals surface area contributed by atoms with Crippen molar-refractivity contribution in [3.05, 3.63) is 11.9 Å². The van der Waals surface area contributed by atoms with Gasteiger partial charge in [-0.1, -0.05) is 20.8 Å². The van der Waals surface area contributed by atoms with Gasteiger partial charge in [-0.15, -0.1) is 0 Å². The molecule has 1 aromatic rings. The maximum absolute atomic E-state index is 13.1. The second kappa shape index (κ2) is 7.33. The minimum absolute atomic E-state index is 0.0841. The number of hydrogen-bond acceptors (Lipinski definition) is 5. The molecule has 20 heavy (non-hydrogen) atoms. The molecule has 0 fully saturated rings. The second-order valence-corrected chi connectivity index (χ2v) is 4.93. The molecule has 0 aromatic carbocycles. The van der Waals surface area contributed by atoms with E-state index in [9.17, 15) is 8.78 Å². The number of alkyl halides is 2. The minimum atomic E-state index is -3.17. The van der Waals surface area contributed by atoms with Crippen LogP contribution in [0.3, 0.4) is 0 Å². The minimum Gasteiger partial charge on any atom is -0.390 e. The van der Waals surface area contributed by atoms with Crippen LogP contribution in [0, 0.1) is 0 Å². The van der Waals surface area contributed by atoms with Crippen molar-refractivity contribution in [3.63, 3.8) is 0 Å². The summed E-state index contributed by atoms with van der Waals surface area (Å²) >= 11 is 0. The molecule has 3 N–H and O–H groups in total. The monoisotopic (exact) mass is 288 g/mol. The first kappa shape index (κ1) is 16.6. The Morgan fingerprint density at radius 2 is 1.85 bits per heavy atom. The highest BCUT2D eigenvalue weighted by molar-refractivity contribution is 5.59. The van der Waals surface area contributed by atoms with E-state index in [1.165, 1.54) is 6.33 Å². The van der Waals surface area contributed by atoms with Gasteiger partial charge in [-0.2, -0.15) is 0 Å². The lowest BCUT2D eigenvalue weighted by Crippen LogP contribution is -2.31. The third-order valence-corrected chi connectivity index (χ3v) is 2.75. The Morgan fingerprint density at radius 1 is 1.25 bits per heavy atom. The first-order valence-corrected chi connectivity index (χ1v) is 6.72. The smallest absolute Gasteiger partial charge is 0.287 e. The van der Waals surface area contributed by atoms with E-state index in [1.54, 1.807) is 0 Å². The Labute approximate surface area is 117 Å². The molecule has 0 aliphatic heterocycles. The van der Waals surface area contributed by atoms with Gasteiger partial charge in [-0.05, 0) is 12.3 Å². The summed E-state index contributed by atoms with van der Waals surface area (Å²) in [5.74, 6) is -2.05. The molecule has 0 amide bonds. The summed E-state index contributed by atoms with van der Waals surface area (Å²) in [6.45, 7) is 4.83. The molecule has 1 rings (SSSR count). The van der Waals surface area contributed by atoms with E-state index in [1.807, 2.05) is 20.8 Å². The number of nitrogens with one attached hydrogen (secondary N) is 2. The van der Waals surface area contributed by atoms with Crippen LogP contribution in [0.2, 0.25) is 0 Å². The lowest BCUT2D eigenvalue weighted by molar-refractivity contribution is -0.0373. The molecule has 0 unspecified atom stereocenters. The van der Waals surface area contributed by atoms with Crippen molar-refractivity contribution < 1.29 is 13.9 Å². The summed E-state index contributed by atoms with van der Waals surface area (Å²) in [6.07, 6.45) is 2.27. The van der Waals surface area contributed by atoms with E-state index in [0.29, 0.717) is 11.6 Å². The highest BCUT2D eigenvalue weighted by Gasteiger charge is 2.28. The summed E-state index contributed by atoms with van der Waals surface area (Å²) in [6, 6.07) is 0. The largest absolute Gasteiger partial charge is 0.390 e. The summed E-state index contributed by atoms with van der Waals surface area (Å²) in [5, 5.41) is 14.4. The Morgan fingerprint density at radius 3 is 2.35 bits per heavy atom. The fourth-order valence-corrected chi connectivity index (χ4v) is 1.74. The van der Waals surface area contributed by atoms with Gasteiger partial charge in [0.05, 0.1) is 6.54 Å². The normalized spacial score (nSPS) is 11.8. The van der Waals surface area contributed by atoms with Gasteiger partial charge in [-0.25, -0.2) is 18.7 Å². The van der Waals surface area contributed by atoms with Crippen molar-refractivity contribution in [2.75, 3.05) is 30.3 Å². The van der Waals surface area contributed by atoms with Gasteiger partial charge in [0, 0.05) is 12.1 Å². The Balaban J connectivity index is 2.94. The van der Waals surface area contributed by atoms with Crippen LogP contribution < -0.4 is 10.6 Å². The van der Waals surface area contributed by atoms with Gasteiger partial charge in [0.2, 0.25) is 0 Å². The van der Waals surface area contributed by atoms with E-state index >= 15 is 0 Å². The van der Waals surface area contributed by atoms with E-state index in [-0.39, 0.29) is 5.92 Å². The maximum Gasteiger partial charge on any atom is 0.287 e. The molecule has 0 aliphatic carbocycles. The summed E-state index contributed by atoms with van der Waals surface area (Å²) < 4.78 is 26.2. The van der Waals surface area contributed by atoms with Crippen molar-refractivity contribution in [2.45, 2.75) is 39.0 Å². The average Bonchev–Trinajstić information content (AvgIpc) is 2.42. The number of nitrogens with zero attached hydrogens (tertiary/aromatic N) is 2. The van der Waals surface area contributed by atoms with Gasteiger partial charge < -0.3 is 15.7 Å². The van der Waals surface area contributed by atoms with Crippen LogP contribution in [0.1, 0.15) is 38.7 Å². The zero-order valence-corrected chi connectivity index (χ0v) is 12.1. The van der Waals surface area contributed by atoms with Gasteiger partial charge in [-0.3, -0.25) is 0 Å². The number of aromatic nitrogens is 2. The lowest BCUT2D eigenvalue weighted by atomic mass is 10.0. The van der Waals surface area contributed by atoms with Crippen LogP contribution in [0.25, 0.3) is 0 Å². The highest BCUT2D eigenvalue weighted by atomic mass is 19.3. The van der Waals surface area contributed by atoms with Crippen LogP contribution in [-0.2, 0) is 0 Å². The third kappa shape index (κ3) is 4.56. The molecule has 7 heteroatoms. The second-order valence-electron chi connectivity index (χ2n) is 4.93. The molecular formula is C13H22F2N4O. The summed E-state index contributed by atoms with van der Waals surface area (Å²) in [7, 11) is 0. The zero-order valence-electron chi connectivity index (χ0n) is 12.1. The predicted molar refractivity (Wildman–Crippen MR) is 75.4 cm³/mol. The molecule has 1 heterocycles. The molecule has 1 aromatic heterocycles. The standard InChI is InChI=1S/C13H22F2N4O/c1-4-5-16-11-10(9(2)3)12(19-8-18-11)17-6-13(14,15)7-20/h8-9,20H,4-7H2,1-3H3,(H2,16,17,18,19). The number of anilines is 2. The van der Waals surface area contributed by atoms with Crippen LogP contribution in [-0.4, -0.2) is 40.7 Å². The Hall–Kier alpha value is -1.50. The van der Waals surface area contributed by atoms with Gasteiger partial charge in [0.1, 0.15) is 24.6 Å². The molecule has 0 saturated carbocycles. The molecule has 0 bridgehead atoms. The summed E-state index contributed by atoms with van der Waals surface area (Å²) in [5.41, 5.74) is 0.773. The van der Waals surface area contributed by atoms with Crippen LogP contribution in [0.5, 0.6) is 0 Å². The van der Waals surface area contributed by atoms with Gasteiger partial charge in [0.25, 0.3) is 5.92 Å². The highest BCUT2D eigenvalue weighted by Crippen LogP contribution is 2.28. The molecule has 114 valence electrons. The lowest BCUT2D eigenvalue weighted by Gasteiger charge is -2.20. The average molecular weight is 288 g/mol. The number of hydrogen-bond donors (Lipinski definition) is 3. The predicted octanol–water partition coefficient (Wildman–Crippen LogP) is 2.46. The molecule has 0 aliphatic rings. The van der Waals surface area contributed by atoms with Crippen molar-refractivity contribution in [1.82, 2.24) is 9.97 Å². The summed E-state index contributed by atoms with van der Waals surface area (Å²) in [4.78, 5) is 8.19. The van der Waals surface area contributed by atoms with Crippen LogP contribution in [0.15, 0.2) is 6.33 Å². The number of rotatable bonds is 8. The van der Waals surface area contributed by atoms with Crippen molar-refractivity contribution in [3.8, 4) is 0 Å². The third-order valence-electron chi connectivity index (χ3n) is 2.75. The fourth-order valence-electron chi connectivity index (χ4n) is 1.74. The molecule has 5 nitrogen and oxygen atoms in total. The van der Waals surface area contributed by atoms with Crippen molar-refractivity contribution in [1.29, 1.82) is 0 Å². The van der Waals surface area contributed by atoms with Crippen LogP contribution in [0.4, 0.5) is 20.4 Å². The molecule has 0 radical (unpaired) electrons. The SMILES string of the molecule is CCCNc1ncnc(NCC(F)(F)CO)c1C(C)C. The maximum atomic E-state index is 13.1. The number of aliphatic hydroxyl groups excluding tert-OH is 1. The van der Waals surface area contributed by atoms with Crippen molar-refractivity contribution in [2.24, 2.45) is 0 Å². The van der Waals surface area contributed by atoms with Crippen LogP contribution >= 0.6 is 0 Å².